The number of hydrogen-bond donors (Lipinski definition) is 3. The van der Waals surface area contributed by atoms with Gasteiger partial charge in [0, 0.05) is 6.54 Å². The molecular weight excluding hydrogens is 274 g/mol. The van der Waals surface area contributed by atoms with Gasteiger partial charge in [0.2, 0.25) is 5.91 Å². The summed E-state index contributed by atoms with van der Waals surface area (Å²) in [5.41, 5.74) is -0.868. The molecule has 4 amide bonds. The first-order chi connectivity index (χ1) is 9.93. The van der Waals surface area contributed by atoms with Crippen LogP contribution in [0.4, 0.5) is 4.79 Å². The number of aliphatic hydroxyl groups excluding tert-OH is 1. The predicted octanol–water partition coefficient (Wildman–Crippen LogP) is -0.158. The molecule has 0 aromatic heterocycles. The van der Waals surface area contributed by atoms with Crippen LogP contribution < -0.4 is 10.6 Å². The zero-order chi connectivity index (χ0) is 15.6. The van der Waals surface area contributed by atoms with E-state index in [0.717, 1.165) is 24.2 Å². The summed E-state index contributed by atoms with van der Waals surface area (Å²) in [6.45, 7) is 3.59. The van der Waals surface area contributed by atoms with Crippen molar-refractivity contribution in [1.29, 1.82) is 0 Å². The Morgan fingerprint density at radius 3 is 2.57 bits per heavy atom. The van der Waals surface area contributed by atoms with E-state index in [1.807, 2.05) is 13.8 Å². The molecule has 7 nitrogen and oxygen atoms in total. The van der Waals surface area contributed by atoms with Crippen molar-refractivity contribution in [3.05, 3.63) is 0 Å². The second-order valence-corrected chi connectivity index (χ2v) is 6.00. The van der Waals surface area contributed by atoms with Gasteiger partial charge in [0.15, 0.2) is 0 Å². The highest BCUT2D eigenvalue weighted by Crippen LogP contribution is 2.41. The van der Waals surface area contributed by atoms with E-state index < -0.39 is 17.5 Å². The van der Waals surface area contributed by atoms with Gasteiger partial charge < -0.3 is 15.7 Å². The van der Waals surface area contributed by atoms with Gasteiger partial charge in [-0.15, -0.1) is 0 Å². The SMILES string of the molecule is CC1CCCC(C)C12NC(=O)N(CC(=O)NCCO)C2=O. The molecule has 1 heterocycles. The van der Waals surface area contributed by atoms with Crippen molar-refractivity contribution < 1.29 is 19.5 Å². The van der Waals surface area contributed by atoms with Gasteiger partial charge in [-0.05, 0) is 24.7 Å². The lowest BCUT2D eigenvalue weighted by Gasteiger charge is -2.42. The number of carbonyl (C=O) groups excluding carboxylic acids is 3. The minimum Gasteiger partial charge on any atom is -0.395 e. The van der Waals surface area contributed by atoms with E-state index >= 15 is 0 Å². The van der Waals surface area contributed by atoms with Crippen molar-refractivity contribution in [2.45, 2.75) is 38.6 Å². The van der Waals surface area contributed by atoms with Gasteiger partial charge in [-0.25, -0.2) is 4.79 Å². The van der Waals surface area contributed by atoms with E-state index in [2.05, 4.69) is 10.6 Å². The largest absolute Gasteiger partial charge is 0.395 e. The molecule has 1 spiro atoms. The van der Waals surface area contributed by atoms with Crippen molar-refractivity contribution in [3.63, 3.8) is 0 Å². The van der Waals surface area contributed by atoms with Crippen molar-refractivity contribution in [1.82, 2.24) is 15.5 Å². The second kappa shape index (κ2) is 6.01. The van der Waals surface area contributed by atoms with Crippen LogP contribution in [-0.4, -0.2) is 53.1 Å². The fourth-order valence-corrected chi connectivity index (χ4v) is 3.49. The Labute approximate surface area is 124 Å². The third-order valence-corrected chi connectivity index (χ3v) is 4.72. The standard InChI is InChI=1S/C14H23N3O4/c1-9-4-3-5-10(2)14(9)12(20)17(13(21)16-14)8-11(19)15-6-7-18/h9-10,18H,3-8H2,1-2H3,(H,15,19)(H,16,21). The van der Waals surface area contributed by atoms with Gasteiger partial charge in [0.25, 0.3) is 5.91 Å². The molecule has 118 valence electrons. The molecule has 2 aliphatic rings. The molecule has 3 N–H and O–H groups in total. The van der Waals surface area contributed by atoms with Crippen LogP contribution in [-0.2, 0) is 9.59 Å². The summed E-state index contributed by atoms with van der Waals surface area (Å²) in [7, 11) is 0. The van der Waals surface area contributed by atoms with Crippen LogP contribution in [0.15, 0.2) is 0 Å². The number of aliphatic hydroxyl groups is 1. The van der Waals surface area contributed by atoms with E-state index in [1.54, 1.807) is 0 Å². The molecule has 1 saturated heterocycles. The zero-order valence-electron chi connectivity index (χ0n) is 12.5. The van der Waals surface area contributed by atoms with Crippen LogP contribution in [0.2, 0.25) is 0 Å². The van der Waals surface area contributed by atoms with E-state index in [0.29, 0.717) is 0 Å². The molecule has 0 bridgehead atoms. The molecule has 2 unspecified atom stereocenters. The Morgan fingerprint density at radius 1 is 1.38 bits per heavy atom. The lowest BCUT2D eigenvalue weighted by molar-refractivity contribution is -0.139. The fraction of sp³-hybridized carbons (Fsp3) is 0.786. The minimum absolute atomic E-state index is 0.0585. The Kier molecular flexibility index (Phi) is 4.51. The van der Waals surface area contributed by atoms with Gasteiger partial charge in [0.1, 0.15) is 12.1 Å². The van der Waals surface area contributed by atoms with Gasteiger partial charge >= 0.3 is 6.03 Å². The van der Waals surface area contributed by atoms with Crippen LogP contribution >= 0.6 is 0 Å². The summed E-state index contributed by atoms with van der Waals surface area (Å²) in [6, 6.07) is -0.500. The number of nitrogens with zero attached hydrogens (tertiary/aromatic N) is 1. The van der Waals surface area contributed by atoms with Gasteiger partial charge in [-0.2, -0.15) is 0 Å². The minimum atomic E-state index is -0.868. The maximum absolute atomic E-state index is 12.7. The first-order valence-corrected chi connectivity index (χ1v) is 7.45. The second-order valence-electron chi connectivity index (χ2n) is 6.00. The summed E-state index contributed by atoms with van der Waals surface area (Å²) in [5, 5.41) is 14.0. The highest BCUT2D eigenvalue weighted by atomic mass is 16.3. The molecule has 2 atom stereocenters. The molecule has 1 saturated carbocycles. The average molecular weight is 297 g/mol. The summed E-state index contributed by atoms with van der Waals surface area (Å²) >= 11 is 0. The van der Waals surface area contributed by atoms with Gasteiger partial charge in [-0.3, -0.25) is 14.5 Å². The van der Waals surface area contributed by atoms with Crippen LogP contribution in [0.3, 0.4) is 0 Å². The molecule has 2 rings (SSSR count). The first kappa shape index (κ1) is 15.8. The third kappa shape index (κ3) is 2.62. The average Bonchev–Trinajstić information content (AvgIpc) is 2.69. The summed E-state index contributed by atoms with van der Waals surface area (Å²) in [6.07, 6.45) is 2.83. The molecule has 1 aliphatic heterocycles. The summed E-state index contributed by atoms with van der Waals surface area (Å²) in [4.78, 5) is 37.5. The number of hydrogen-bond acceptors (Lipinski definition) is 4. The Hall–Kier alpha value is -1.63. The molecule has 21 heavy (non-hydrogen) atoms. The Balaban J connectivity index is 2.14. The number of nitrogens with one attached hydrogen (secondary N) is 2. The molecule has 0 aromatic carbocycles. The van der Waals surface area contributed by atoms with Crippen LogP contribution in [0.25, 0.3) is 0 Å². The molecule has 0 aromatic rings. The highest BCUT2D eigenvalue weighted by Gasteiger charge is 2.58. The van der Waals surface area contributed by atoms with Crippen molar-refractivity contribution in [3.8, 4) is 0 Å². The number of urea groups is 1. The number of carbonyl (C=O) groups is 3. The van der Waals surface area contributed by atoms with Gasteiger partial charge in [0.05, 0.1) is 6.61 Å². The monoisotopic (exact) mass is 297 g/mol. The maximum atomic E-state index is 12.7. The Morgan fingerprint density at radius 2 is 2.00 bits per heavy atom. The summed E-state index contributed by atoms with van der Waals surface area (Å²) in [5.74, 6) is -0.626. The fourth-order valence-electron chi connectivity index (χ4n) is 3.49. The van der Waals surface area contributed by atoms with Crippen molar-refractivity contribution >= 4 is 17.8 Å². The maximum Gasteiger partial charge on any atom is 0.325 e. The van der Waals surface area contributed by atoms with Gasteiger partial charge in [-0.1, -0.05) is 20.3 Å². The third-order valence-electron chi connectivity index (χ3n) is 4.72. The zero-order valence-corrected chi connectivity index (χ0v) is 12.5. The quantitative estimate of drug-likeness (QED) is 0.628. The van der Waals surface area contributed by atoms with E-state index in [4.69, 9.17) is 5.11 Å². The van der Waals surface area contributed by atoms with E-state index in [1.165, 1.54) is 0 Å². The van der Waals surface area contributed by atoms with E-state index in [9.17, 15) is 14.4 Å². The smallest absolute Gasteiger partial charge is 0.325 e. The molecule has 7 heteroatoms. The number of imide groups is 1. The highest BCUT2D eigenvalue weighted by molar-refractivity contribution is 6.09. The number of amides is 4. The topological polar surface area (TPSA) is 98.7 Å². The van der Waals surface area contributed by atoms with Crippen molar-refractivity contribution in [2.75, 3.05) is 19.7 Å². The number of rotatable bonds is 4. The van der Waals surface area contributed by atoms with Crippen LogP contribution in [0.1, 0.15) is 33.1 Å². The molecule has 0 radical (unpaired) electrons. The Bertz CT molecular complexity index is 442. The van der Waals surface area contributed by atoms with E-state index in [-0.39, 0.29) is 37.4 Å². The predicted molar refractivity (Wildman–Crippen MR) is 75.3 cm³/mol. The van der Waals surface area contributed by atoms with Crippen LogP contribution in [0, 0.1) is 11.8 Å². The lowest BCUT2D eigenvalue weighted by Crippen LogP contribution is -2.59. The molecule has 1 aliphatic carbocycles. The molecular formula is C14H23N3O4. The summed E-state index contributed by atoms with van der Waals surface area (Å²) < 4.78 is 0. The normalized spacial score (nSPS) is 32.4. The first-order valence-electron chi connectivity index (χ1n) is 7.45. The van der Waals surface area contributed by atoms with Crippen molar-refractivity contribution in [2.24, 2.45) is 11.8 Å². The molecule has 2 fully saturated rings. The van der Waals surface area contributed by atoms with Crippen LogP contribution in [0.5, 0.6) is 0 Å². The lowest BCUT2D eigenvalue weighted by atomic mass is 9.67.